The van der Waals surface area contributed by atoms with Crippen molar-refractivity contribution < 1.29 is 0 Å². The van der Waals surface area contributed by atoms with Crippen LogP contribution >= 0.6 is 31.9 Å². The molecule has 7 heavy (non-hydrogen) atoms. The maximum Gasteiger partial charge on any atom is 0.0271 e. The van der Waals surface area contributed by atoms with Gasteiger partial charge in [0, 0.05) is 9.65 Å². The standard InChI is InChI=1S/C5H8Br2/c6-4-2-1-3-5(4)7/h4-5H,1-3H2/t4-,5-/m1/s1. The van der Waals surface area contributed by atoms with Crippen molar-refractivity contribution in [1.29, 1.82) is 0 Å². The Labute approximate surface area is 60.9 Å². The molecule has 1 fully saturated rings. The number of halogens is 2. The summed E-state index contributed by atoms with van der Waals surface area (Å²) in [6, 6.07) is 0. The van der Waals surface area contributed by atoms with E-state index >= 15 is 0 Å². The third-order valence-electron chi connectivity index (χ3n) is 1.35. The molecule has 0 nitrogen and oxygen atoms in total. The molecule has 0 aliphatic heterocycles. The first-order valence-corrected chi connectivity index (χ1v) is 4.42. The van der Waals surface area contributed by atoms with Crippen LogP contribution in [0.25, 0.3) is 0 Å². The van der Waals surface area contributed by atoms with Gasteiger partial charge in [-0.1, -0.05) is 38.3 Å². The molecule has 0 radical (unpaired) electrons. The van der Waals surface area contributed by atoms with E-state index in [1.165, 1.54) is 19.3 Å². The van der Waals surface area contributed by atoms with Crippen molar-refractivity contribution in [3.63, 3.8) is 0 Å². The summed E-state index contributed by atoms with van der Waals surface area (Å²) in [4.78, 5) is 1.49. The fraction of sp³-hybridized carbons (Fsp3) is 1.00. The summed E-state index contributed by atoms with van der Waals surface area (Å²) in [7, 11) is 0. The zero-order valence-corrected chi connectivity index (χ0v) is 7.20. The van der Waals surface area contributed by atoms with Gasteiger partial charge in [-0.2, -0.15) is 0 Å². The van der Waals surface area contributed by atoms with Crippen molar-refractivity contribution in [1.82, 2.24) is 0 Å². The van der Waals surface area contributed by atoms with Crippen molar-refractivity contribution in [2.24, 2.45) is 0 Å². The Morgan fingerprint density at radius 2 is 1.43 bits per heavy atom. The molecule has 0 N–H and O–H groups in total. The van der Waals surface area contributed by atoms with E-state index in [0.717, 1.165) is 9.65 Å². The first-order valence-electron chi connectivity index (χ1n) is 2.59. The zero-order chi connectivity index (χ0) is 5.28. The van der Waals surface area contributed by atoms with E-state index in [4.69, 9.17) is 0 Å². The molecular formula is C5H8Br2. The molecular weight excluding hydrogens is 220 g/mol. The highest BCUT2D eigenvalue weighted by Gasteiger charge is 2.21. The van der Waals surface area contributed by atoms with Crippen LogP contribution in [0.3, 0.4) is 0 Å². The molecule has 2 heteroatoms. The zero-order valence-electron chi connectivity index (χ0n) is 4.03. The minimum atomic E-state index is 0.743. The van der Waals surface area contributed by atoms with Gasteiger partial charge in [0.25, 0.3) is 0 Å². The van der Waals surface area contributed by atoms with Crippen LogP contribution in [-0.4, -0.2) is 9.65 Å². The third kappa shape index (κ3) is 1.43. The fourth-order valence-electron chi connectivity index (χ4n) is 0.870. The summed E-state index contributed by atoms with van der Waals surface area (Å²) in [5, 5.41) is 0. The van der Waals surface area contributed by atoms with Gasteiger partial charge in [-0.25, -0.2) is 0 Å². The highest BCUT2D eigenvalue weighted by atomic mass is 79.9. The molecule has 0 saturated heterocycles. The molecule has 0 bridgehead atoms. The second-order valence-electron chi connectivity index (χ2n) is 1.96. The SMILES string of the molecule is Br[C@@H]1CCC[C@H]1Br. The van der Waals surface area contributed by atoms with Gasteiger partial charge in [-0.3, -0.25) is 0 Å². The molecule has 1 aliphatic carbocycles. The van der Waals surface area contributed by atoms with Gasteiger partial charge < -0.3 is 0 Å². The summed E-state index contributed by atoms with van der Waals surface area (Å²) in [5.41, 5.74) is 0. The predicted octanol–water partition coefficient (Wildman–Crippen LogP) is 2.70. The molecule has 42 valence electrons. The van der Waals surface area contributed by atoms with Crippen LogP contribution in [0.2, 0.25) is 0 Å². The monoisotopic (exact) mass is 226 g/mol. The minimum Gasteiger partial charge on any atom is -0.0879 e. The van der Waals surface area contributed by atoms with Crippen LogP contribution in [0.4, 0.5) is 0 Å². The smallest absolute Gasteiger partial charge is 0.0271 e. The molecule has 1 aliphatic rings. The Bertz CT molecular complexity index is 55.1. The average Bonchev–Trinajstić information content (AvgIpc) is 1.91. The second kappa shape index (κ2) is 2.49. The molecule has 0 spiro atoms. The molecule has 0 aromatic carbocycles. The Balaban J connectivity index is 2.33. The van der Waals surface area contributed by atoms with Crippen molar-refractivity contribution >= 4 is 31.9 Å². The van der Waals surface area contributed by atoms with Gasteiger partial charge in [-0.15, -0.1) is 0 Å². The van der Waals surface area contributed by atoms with Gasteiger partial charge >= 0.3 is 0 Å². The number of hydrogen-bond acceptors (Lipinski definition) is 0. The van der Waals surface area contributed by atoms with Crippen LogP contribution in [0, 0.1) is 0 Å². The first-order chi connectivity index (χ1) is 3.30. The topological polar surface area (TPSA) is 0 Å². The number of rotatable bonds is 0. The molecule has 2 atom stereocenters. The molecule has 0 unspecified atom stereocenters. The molecule has 0 aromatic rings. The maximum absolute atomic E-state index is 3.56. The average molecular weight is 228 g/mol. The van der Waals surface area contributed by atoms with E-state index in [9.17, 15) is 0 Å². The minimum absolute atomic E-state index is 0.743. The Morgan fingerprint density at radius 3 is 1.57 bits per heavy atom. The lowest BCUT2D eigenvalue weighted by Gasteiger charge is -2.00. The summed E-state index contributed by atoms with van der Waals surface area (Å²) in [6.07, 6.45) is 4.07. The van der Waals surface area contributed by atoms with Crippen LogP contribution in [0.5, 0.6) is 0 Å². The third-order valence-corrected chi connectivity index (χ3v) is 4.25. The van der Waals surface area contributed by atoms with Crippen LogP contribution in [-0.2, 0) is 0 Å². The van der Waals surface area contributed by atoms with Gasteiger partial charge in [0.15, 0.2) is 0 Å². The van der Waals surface area contributed by atoms with Gasteiger partial charge in [0.1, 0.15) is 0 Å². The largest absolute Gasteiger partial charge is 0.0879 e. The van der Waals surface area contributed by atoms with Crippen molar-refractivity contribution in [3.05, 3.63) is 0 Å². The molecule has 0 heterocycles. The van der Waals surface area contributed by atoms with Crippen LogP contribution < -0.4 is 0 Å². The van der Waals surface area contributed by atoms with Crippen molar-refractivity contribution in [2.75, 3.05) is 0 Å². The van der Waals surface area contributed by atoms with E-state index in [1.807, 2.05) is 0 Å². The molecule has 0 aromatic heterocycles. The highest BCUT2D eigenvalue weighted by Crippen LogP contribution is 2.30. The van der Waals surface area contributed by atoms with Crippen molar-refractivity contribution in [2.45, 2.75) is 28.9 Å². The number of hydrogen-bond donors (Lipinski definition) is 0. The summed E-state index contributed by atoms with van der Waals surface area (Å²) >= 11 is 7.11. The Hall–Kier alpha value is 0.960. The van der Waals surface area contributed by atoms with Crippen molar-refractivity contribution in [3.8, 4) is 0 Å². The maximum atomic E-state index is 3.56. The van der Waals surface area contributed by atoms with Gasteiger partial charge in [0.2, 0.25) is 0 Å². The van der Waals surface area contributed by atoms with Crippen LogP contribution in [0.1, 0.15) is 19.3 Å². The Morgan fingerprint density at radius 1 is 1.00 bits per heavy atom. The molecule has 1 saturated carbocycles. The van der Waals surface area contributed by atoms with E-state index in [0.29, 0.717) is 0 Å². The lowest BCUT2D eigenvalue weighted by atomic mass is 10.4. The summed E-state index contributed by atoms with van der Waals surface area (Å²) in [6.45, 7) is 0. The summed E-state index contributed by atoms with van der Waals surface area (Å²) in [5.74, 6) is 0. The van der Waals surface area contributed by atoms with Gasteiger partial charge in [0.05, 0.1) is 0 Å². The predicted molar refractivity (Wildman–Crippen MR) is 39.3 cm³/mol. The fourth-order valence-corrected chi connectivity index (χ4v) is 2.05. The molecule has 0 amide bonds. The first kappa shape index (κ1) is 6.09. The van der Waals surface area contributed by atoms with E-state index in [1.54, 1.807) is 0 Å². The van der Waals surface area contributed by atoms with Crippen LogP contribution in [0.15, 0.2) is 0 Å². The number of alkyl halides is 2. The lowest BCUT2D eigenvalue weighted by molar-refractivity contribution is 0.893. The highest BCUT2D eigenvalue weighted by molar-refractivity contribution is 9.12. The van der Waals surface area contributed by atoms with E-state index in [-0.39, 0.29) is 0 Å². The van der Waals surface area contributed by atoms with E-state index < -0.39 is 0 Å². The normalized spacial score (nSPS) is 42.0. The summed E-state index contributed by atoms with van der Waals surface area (Å²) < 4.78 is 0. The second-order valence-corrected chi connectivity index (χ2v) is 4.32. The Kier molecular flexibility index (Phi) is 2.17. The van der Waals surface area contributed by atoms with E-state index in [2.05, 4.69) is 31.9 Å². The molecule has 1 rings (SSSR count). The quantitative estimate of drug-likeness (QED) is 0.559. The van der Waals surface area contributed by atoms with Gasteiger partial charge in [-0.05, 0) is 12.8 Å². The lowest BCUT2D eigenvalue weighted by Crippen LogP contribution is -2.02.